The summed E-state index contributed by atoms with van der Waals surface area (Å²) in [6.07, 6.45) is 4.59. The summed E-state index contributed by atoms with van der Waals surface area (Å²) in [5.41, 5.74) is 1.01. The monoisotopic (exact) mass is 317 g/mol. The number of ether oxygens (including phenoxy) is 1. The highest BCUT2D eigenvalue weighted by molar-refractivity contribution is 5.76. The number of guanidine groups is 1. The SMILES string of the molecule is N=C(NCCCc1c[nH]cn1)NCC(O)COc1ccccc1. The Hall–Kier alpha value is -2.54. The molecule has 124 valence electrons. The molecule has 23 heavy (non-hydrogen) atoms. The summed E-state index contributed by atoms with van der Waals surface area (Å²) in [5, 5.41) is 23.4. The van der Waals surface area contributed by atoms with Crippen molar-refractivity contribution < 1.29 is 9.84 Å². The minimum atomic E-state index is -0.679. The number of aliphatic hydroxyl groups excluding tert-OH is 1. The standard InChI is InChI=1S/C16H23N5O2/c17-16(19-8-4-5-13-9-18-12-21-13)20-10-14(22)11-23-15-6-2-1-3-7-15/h1-3,6-7,9,12,14,22H,4-5,8,10-11H2,(H,18,21)(H3,17,19,20). The van der Waals surface area contributed by atoms with Crippen molar-refractivity contribution >= 4 is 5.96 Å². The van der Waals surface area contributed by atoms with Crippen molar-refractivity contribution in [2.45, 2.75) is 18.9 Å². The molecule has 1 unspecified atom stereocenters. The number of nitrogens with one attached hydrogen (secondary N) is 4. The molecule has 5 N–H and O–H groups in total. The predicted octanol–water partition coefficient (Wildman–Crippen LogP) is 0.896. The molecule has 7 nitrogen and oxygen atoms in total. The average Bonchev–Trinajstić information content (AvgIpc) is 3.09. The molecule has 0 aliphatic carbocycles. The highest BCUT2D eigenvalue weighted by atomic mass is 16.5. The summed E-state index contributed by atoms with van der Waals surface area (Å²) >= 11 is 0. The molecule has 0 amide bonds. The van der Waals surface area contributed by atoms with Crippen molar-refractivity contribution in [3.8, 4) is 5.75 Å². The first kappa shape index (κ1) is 16.8. The summed E-state index contributed by atoms with van der Waals surface area (Å²) in [7, 11) is 0. The Labute approximate surface area is 135 Å². The minimum absolute atomic E-state index is 0.184. The number of nitrogens with zero attached hydrogens (tertiary/aromatic N) is 1. The van der Waals surface area contributed by atoms with Gasteiger partial charge in [0.2, 0.25) is 0 Å². The topological polar surface area (TPSA) is 106 Å². The van der Waals surface area contributed by atoms with Gasteiger partial charge in [0, 0.05) is 19.3 Å². The van der Waals surface area contributed by atoms with Crippen LogP contribution in [0, 0.1) is 5.41 Å². The van der Waals surface area contributed by atoms with Crippen LogP contribution in [0.5, 0.6) is 5.75 Å². The lowest BCUT2D eigenvalue weighted by Crippen LogP contribution is -2.42. The molecule has 2 rings (SSSR count). The Kier molecular flexibility index (Phi) is 6.93. The van der Waals surface area contributed by atoms with Gasteiger partial charge in [-0.15, -0.1) is 0 Å². The summed E-state index contributed by atoms with van der Waals surface area (Å²) in [4.78, 5) is 7.05. The summed E-state index contributed by atoms with van der Waals surface area (Å²) in [6, 6.07) is 9.33. The zero-order valence-electron chi connectivity index (χ0n) is 13.0. The molecule has 0 saturated carbocycles. The van der Waals surface area contributed by atoms with Crippen LogP contribution in [0.25, 0.3) is 0 Å². The highest BCUT2D eigenvalue weighted by Gasteiger charge is 2.06. The van der Waals surface area contributed by atoms with Crippen LogP contribution in [0.15, 0.2) is 42.9 Å². The van der Waals surface area contributed by atoms with Crippen molar-refractivity contribution in [1.29, 1.82) is 5.41 Å². The quantitative estimate of drug-likeness (QED) is 0.268. The number of benzene rings is 1. The first-order valence-electron chi connectivity index (χ1n) is 7.64. The molecule has 1 atom stereocenters. The van der Waals surface area contributed by atoms with E-state index in [-0.39, 0.29) is 19.1 Å². The molecular formula is C16H23N5O2. The molecule has 0 spiro atoms. The summed E-state index contributed by atoms with van der Waals surface area (Å²) < 4.78 is 5.45. The third-order valence-corrected chi connectivity index (χ3v) is 3.17. The molecule has 1 aromatic heterocycles. The number of rotatable bonds is 9. The van der Waals surface area contributed by atoms with Crippen LogP contribution in [0.1, 0.15) is 12.1 Å². The van der Waals surface area contributed by atoms with E-state index in [4.69, 9.17) is 10.1 Å². The van der Waals surface area contributed by atoms with Gasteiger partial charge in [-0.05, 0) is 25.0 Å². The highest BCUT2D eigenvalue weighted by Crippen LogP contribution is 2.08. The number of aromatic nitrogens is 2. The van der Waals surface area contributed by atoms with E-state index in [1.165, 1.54) is 0 Å². The number of para-hydroxylation sites is 1. The van der Waals surface area contributed by atoms with Gasteiger partial charge in [0.05, 0.1) is 12.0 Å². The fourth-order valence-electron chi connectivity index (χ4n) is 1.96. The van der Waals surface area contributed by atoms with Crippen LogP contribution in [0.2, 0.25) is 0 Å². The maximum absolute atomic E-state index is 9.83. The number of aromatic amines is 1. The van der Waals surface area contributed by atoms with Crippen molar-refractivity contribution in [1.82, 2.24) is 20.6 Å². The largest absolute Gasteiger partial charge is 0.491 e. The van der Waals surface area contributed by atoms with Crippen LogP contribution in [-0.2, 0) is 6.42 Å². The fraction of sp³-hybridized carbons (Fsp3) is 0.375. The van der Waals surface area contributed by atoms with Gasteiger partial charge in [0.1, 0.15) is 18.5 Å². The molecule has 0 fully saturated rings. The van der Waals surface area contributed by atoms with Crippen LogP contribution in [-0.4, -0.2) is 46.8 Å². The van der Waals surface area contributed by atoms with E-state index in [0.29, 0.717) is 6.54 Å². The molecule has 0 saturated heterocycles. The molecule has 2 aromatic rings. The molecule has 1 aromatic carbocycles. The van der Waals surface area contributed by atoms with Gasteiger partial charge in [0.25, 0.3) is 0 Å². The first-order chi connectivity index (χ1) is 11.2. The van der Waals surface area contributed by atoms with Gasteiger partial charge < -0.3 is 25.5 Å². The maximum atomic E-state index is 9.83. The Morgan fingerprint density at radius 3 is 2.87 bits per heavy atom. The van der Waals surface area contributed by atoms with Gasteiger partial charge in [0.15, 0.2) is 5.96 Å². The van der Waals surface area contributed by atoms with Gasteiger partial charge in [-0.3, -0.25) is 5.41 Å². The predicted molar refractivity (Wildman–Crippen MR) is 88.6 cm³/mol. The zero-order chi connectivity index (χ0) is 16.3. The molecular weight excluding hydrogens is 294 g/mol. The molecule has 7 heteroatoms. The van der Waals surface area contributed by atoms with Gasteiger partial charge in [-0.25, -0.2) is 4.98 Å². The van der Waals surface area contributed by atoms with Crippen LogP contribution in [0.4, 0.5) is 0 Å². The molecule has 1 heterocycles. The number of hydrogen-bond acceptors (Lipinski definition) is 4. The number of aliphatic hydroxyl groups is 1. The van der Waals surface area contributed by atoms with E-state index >= 15 is 0 Å². The van der Waals surface area contributed by atoms with Crippen molar-refractivity contribution in [3.63, 3.8) is 0 Å². The Morgan fingerprint density at radius 1 is 1.30 bits per heavy atom. The lowest BCUT2D eigenvalue weighted by molar-refractivity contribution is 0.110. The molecule has 0 radical (unpaired) electrons. The molecule has 0 aliphatic rings. The van der Waals surface area contributed by atoms with E-state index in [9.17, 15) is 5.11 Å². The second-order valence-electron chi connectivity index (χ2n) is 5.12. The van der Waals surface area contributed by atoms with Crippen LogP contribution < -0.4 is 15.4 Å². The smallest absolute Gasteiger partial charge is 0.188 e. The van der Waals surface area contributed by atoms with Crippen molar-refractivity contribution in [2.75, 3.05) is 19.7 Å². The second kappa shape index (κ2) is 9.47. The van der Waals surface area contributed by atoms with E-state index < -0.39 is 6.10 Å². The number of aryl methyl sites for hydroxylation is 1. The minimum Gasteiger partial charge on any atom is -0.491 e. The Balaban J connectivity index is 1.51. The Morgan fingerprint density at radius 2 is 2.13 bits per heavy atom. The van der Waals surface area contributed by atoms with E-state index in [1.807, 2.05) is 36.5 Å². The number of H-pyrrole nitrogens is 1. The average molecular weight is 317 g/mol. The van der Waals surface area contributed by atoms with E-state index in [1.54, 1.807) is 6.33 Å². The Bertz CT molecular complexity index is 559. The zero-order valence-corrected chi connectivity index (χ0v) is 13.0. The lowest BCUT2D eigenvalue weighted by Gasteiger charge is -2.15. The van der Waals surface area contributed by atoms with Gasteiger partial charge >= 0.3 is 0 Å². The summed E-state index contributed by atoms with van der Waals surface area (Å²) in [5.74, 6) is 0.920. The van der Waals surface area contributed by atoms with E-state index in [0.717, 1.165) is 24.3 Å². The fourth-order valence-corrected chi connectivity index (χ4v) is 1.96. The van der Waals surface area contributed by atoms with Crippen LogP contribution in [0.3, 0.4) is 0 Å². The number of hydrogen-bond donors (Lipinski definition) is 5. The van der Waals surface area contributed by atoms with E-state index in [2.05, 4.69) is 20.6 Å². The molecule has 0 aliphatic heterocycles. The third-order valence-electron chi connectivity index (χ3n) is 3.17. The third kappa shape index (κ3) is 6.84. The van der Waals surface area contributed by atoms with Crippen LogP contribution >= 0.6 is 0 Å². The number of imidazole rings is 1. The van der Waals surface area contributed by atoms with Crippen molar-refractivity contribution in [2.24, 2.45) is 0 Å². The normalized spacial score (nSPS) is 11.7. The molecule has 0 bridgehead atoms. The maximum Gasteiger partial charge on any atom is 0.188 e. The first-order valence-corrected chi connectivity index (χ1v) is 7.64. The summed E-state index contributed by atoms with van der Waals surface area (Å²) in [6.45, 7) is 1.12. The van der Waals surface area contributed by atoms with Crippen molar-refractivity contribution in [3.05, 3.63) is 48.5 Å². The van der Waals surface area contributed by atoms with Gasteiger partial charge in [-0.1, -0.05) is 18.2 Å². The lowest BCUT2D eigenvalue weighted by atomic mass is 10.2. The van der Waals surface area contributed by atoms with Gasteiger partial charge in [-0.2, -0.15) is 0 Å². The second-order valence-corrected chi connectivity index (χ2v) is 5.12.